The molecule has 1 aliphatic heterocycles. The molecule has 10 nitrogen and oxygen atoms in total. The van der Waals surface area contributed by atoms with Gasteiger partial charge in [-0.05, 0) is 55.1 Å². The number of H-pyrrole nitrogens is 1. The van der Waals surface area contributed by atoms with E-state index >= 15 is 0 Å². The molecular weight excluding hydrogens is 618 g/mol. The zero-order chi connectivity index (χ0) is 34.1. The van der Waals surface area contributed by atoms with Crippen molar-refractivity contribution in [2.45, 2.75) is 108 Å². The van der Waals surface area contributed by atoms with Crippen LogP contribution in [-0.2, 0) is 38.7 Å². The van der Waals surface area contributed by atoms with Crippen LogP contribution in [0.25, 0.3) is 0 Å². The number of aromatic amines is 1. The lowest BCUT2D eigenvalue weighted by Crippen LogP contribution is -2.85. The fourth-order valence-electron chi connectivity index (χ4n) is 8.08. The van der Waals surface area contributed by atoms with E-state index in [9.17, 15) is 14.4 Å². The van der Waals surface area contributed by atoms with Gasteiger partial charge in [0.05, 0.1) is 26.1 Å². The minimum absolute atomic E-state index is 0.0758. The first kappa shape index (κ1) is 34.8. The first-order valence-corrected chi connectivity index (χ1v) is 18.2. The largest absolute Gasteiger partial charge is 0.456 e. The summed E-state index contributed by atoms with van der Waals surface area (Å²) in [4.78, 5) is 49.6. The molecule has 0 bridgehead atoms. The van der Waals surface area contributed by atoms with Gasteiger partial charge in [-0.1, -0.05) is 92.8 Å². The van der Waals surface area contributed by atoms with E-state index in [4.69, 9.17) is 9.47 Å². The number of nitrogens with zero attached hydrogens (tertiary/aromatic N) is 3. The quantitative estimate of drug-likeness (QED) is 0.190. The maximum Gasteiger partial charge on any atom is 0.456 e. The van der Waals surface area contributed by atoms with Crippen molar-refractivity contribution < 1.29 is 28.4 Å². The van der Waals surface area contributed by atoms with Crippen LogP contribution in [0.4, 0.5) is 4.79 Å². The normalized spacial score (nSPS) is 25.0. The molecule has 262 valence electrons. The molecule has 2 heterocycles. The van der Waals surface area contributed by atoms with Crippen molar-refractivity contribution >= 4 is 17.9 Å². The second-order valence-electron chi connectivity index (χ2n) is 14.3. The number of aromatic nitrogens is 2. The number of quaternary nitrogens is 1. The maximum atomic E-state index is 14.3. The van der Waals surface area contributed by atoms with Gasteiger partial charge in [-0.3, -0.25) is 4.79 Å². The van der Waals surface area contributed by atoms with Gasteiger partial charge in [-0.2, -0.15) is 0 Å². The maximum absolute atomic E-state index is 14.3. The highest BCUT2D eigenvalue weighted by atomic mass is 16.6. The number of hydrogen-bond donors (Lipinski definition) is 2. The zero-order valence-electron chi connectivity index (χ0n) is 28.8. The number of carbonyl (C=O) groups is 3. The molecule has 3 aromatic rings. The number of amides is 3. The number of benzene rings is 2. The van der Waals surface area contributed by atoms with Crippen LogP contribution < -0.4 is 5.32 Å². The van der Waals surface area contributed by atoms with E-state index in [2.05, 4.69) is 27.4 Å². The molecule has 6 rings (SSSR count). The zero-order valence-corrected chi connectivity index (χ0v) is 28.8. The first-order chi connectivity index (χ1) is 23.9. The van der Waals surface area contributed by atoms with Crippen molar-refractivity contribution in [3.8, 4) is 0 Å². The van der Waals surface area contributed by atoms with Crippen molar-refractivity contribution in [1.29, 1.82) is 0 Å². The van der Waals surface area contributed by atoms with Gasteiger partial charge in [-0.25, -0.2) is 14.6 Å². The third kappa shape index (κ3) is 8.59. The number of carbonyl (C=O) groups excluding carboxylic acids is 3. The molecule has 3 amide bonds. The Morgan fingerprint density at radius 3 is 2.24 bits per heavy atom. The van der Waals surface area contributed by atoms with Gasteiger partial charge in [0.1, 0.15) is 6.61 Å². The van der Waals surface area contributed by atoms with E-state index in [-0.39, 0.29) is 36.9 Å². The predicted octanol–water partition coefficient (Wildman–Crippen LogP) is 6.48. The summed E-state index contributed by atoms with van der Waals surface area (Å²) in [5.74, 6) is 0.508. The average Bonchev–Trinajstić information content (AvgIpc) is 3.67. The van der Waals surface area contributed by atoms with Crippen LogP contribution in [0.5, 0.6) is 0 Å². The average molecular weight is 671 g/mol. The van der Waals surface area contributed by atoms with Crippen molar-refractivity contribution in [3.05, 3.63) is 90.0 Å². The summed E-state index contributed by atoms with van der Waals surface area (Å²) in [6.07, 6.45) is 14.3. The van der Waals surface area contributed by atoms with Crippen molar-refractivity contribution in [3.63, 3.8) is 0 Å². The Morgan fingerprint density at radius 2 is 1.59 bits per heavy atom. The molecule has 2 unspecified atom stereocenters. The van der Waals surface area contributed by atoms with E-state index in [0.29, 0.717) is 25.5 Å². The molecule has 2 N–H and O–H groups in total. The van der Waals surface area contributed by atoms with E-state index in [1.54, 1.807) is 19.6 Å². The number of hydrogen-bond acceptors (Lipinski definition) is 6. The summed E-state index contributed by atoms with van der Waals surface area (Å²) in [5.41, 5.74) is 2.75. The minimum atomic E-state index is -0.770. The molecule has 49 heavy (non-hydrogen) atoms. The van der Waals surface area contributed by atoms with Crippen LogP contribution in [0.1, 0.15) is 87.4 Å². The molecule has 2 aliphatic carbocycles. The standard InChI is InChI=1S/C39H51N5O5/c1-44(38(46)35(24-33-25-40-28-42-33)43(44)39(47)49-27-32-15-9-4-10-16-32)36(37(45)41-22-21-29-11-5-2-6-12-29)23-30-17-19-34(20-18-30)48-26-31-13-7-3-8-14-31/h3-4,7-10,13-16,25,28-30,34-36H,2,5-6,11-12,17-24,26-27H2,1H3,(H-,40,41,42,45)/p+1/t30?,34?,35-,36?,44?/m0/s1. The van der Waals surface area contributed by atoms with E-state index < -0.39 is 22.8 Å². The predicted molar refractivity (Wildman–Crippen MR) is 185 cm³/mol. The topological polar surface area (TPSA) is 114 Å². The monoisotopic (exact) mass is 670 g/mol. The van der Waals surface area contributed by atoms with Gasteiger partial charge in [0.2, 0.25) is 6.04 Å². The Bertz CT molecular complexity index is 1490. The molecule has 1 saturated heterocycles. The summed E-state index contributed by atoms with van der Waals surface area (Å²) < 4.78 is 11.7. The number of nitrogens with one attached hydrogen (secondary N) is 2. The molecule has 3 aliphatic rings. The Kier molecular flexibility index (Phi) is 11.8. The van der Waals surface area contributed by atoms with E-state index in [0.717, 1.165) is 48.9 Å². The van der Waals surface area contributed by atoms with Crippen LogP contribution in [0, 0.1) is 11.8 Å². The molecule has 3 atom stereocenters. The number of rotatable bonds is 14. The molecule has 1 aromatic heterocycles. The van der Waals surface area contributed by atoms with E-state index in [1.807, 2.05) is 48.5 Å². The van der Waals surface area contributed by atoms with Gasteiger partial charge in [0.25, 0.3) is 5.91 Å². The highest BCUT2D eigenvalue weighted by Gasteiger charge is 2.68. The molecular formula is C39H52N5O5+. The Labute approximate surface area is 290 Å². The van der Waals surface area contributed by atoms with E-state index in [1.165, 1.54) is 37.1 Å². The molecule has 10 heteroatoms. The number of ether oxygens (including phenoxy) is 2. The van der Waals surface area contributed by atoms with Crippen LogP contribution in [0.2, 0.25) is 0 Å². The molecule has 0 radical (unpaired) electrons. The lowest BCUT2D eigenvalue weighted by molar-refractivity contribution is -0.990. The van der Waals surface area contributed by atoms with Gasteiger partial charge in [-0.15, -0.1) is 9.60 Å². The van der Waals surface area contributed by atoms with Crippen LogP contribution in [0.15, 0.2) is 73.2 Å². The van der Waals surface area contributed by atoms with Crippen LogP contribution in [-0.4, -0.2) is 69.3 Å². The Morgan fingerprint density at radius 1 is 0.918 bits per heavy atom. The lowest BCUT2D eigenvalue weighted by Gasteiger charge is -2.54. The van der Waals surface area contributed by atoms with Gasteiger partial charge >= 0.3 is 12.0 Å². The van der Waals surface area contributed by atoms with Crippen molar-refractivity contribution in [1.82, 2.24) is 20.3 Å². The highest BCUT2D eigenvalue weighted by molar-refractivity contribution is 5.90. The number of imidazole rings is 1. The van der Waals surface area contributed by atoms with Crippen LogP contribution in [0.3, 0.4) is 0 Å². The second kappa shape index (κ2) is 16.6. The Hall–Kier alpha value is -4.02. The van der Waals surface area contributed by atoms with Crippen LogP contribution >= 0.6 is 0 Å². The smallest absolute Gasteiger partial charge is 0.441 e. The third-order valence-corrected chi connectivity index (χ3v) is 11.0. The molecule has 2 aromatic carbocycles. The highest BCUT2D eigenvalue weighted by Crippen LogP contribution is 2.39. The van der Waals surface area contributed by atoms with Crippen molar-refractivity contribution in [2.75, 3.05) is 13.6 Å². The summed E-state index contributed by atoms with van der Waals surface area (Å²) in [5, 5.41) is 4.71. The second-order valence-corrected chi connectivity index (χ2v) is 14.3. The summed E-state index contributed by atoms with van der Waals surface area (Å²) in [7, 11) is 1.72. The number of likely N-dealkylation sites (N-methyl/N-ethyl adjacent to an activating group) is 1. The van der Waals surface area contributed by atoms with Gasteiger partial charge in [0, 0.05) is 31.3 Å². The molecule has 2 saturated carbocycles. The third-order valence-electron chi connectivity index (χ3n) is 11.0. The fourth-order valence-corrected chi connectivity index (χ4v) is 8.08. The lowest BCUT2D eigenvalue weighted by atomic mass is 9.82. The summed E-state index contributed by atoms with van der Waals surface area (Å²) in [6, 6.07) is 18.2. The SMILES string of the molecule is C[N+]1(C(CC2CCC(OCc3ccccc3)CC2)C(=O)NCCC2CCCCC2)C(=O)[C@H](Cc2cnc[nH]2)N1C(=O)OCc1ccccc1. The fraction of sp³-hybridized carbons (Fsp3) is 0.538. The summed E-state index contributed by atoms with van der Waals surface area (Å²) >= 11 is 0. The molecule has 3 fully saturated rings. The minimum Gasteiger partial charge on any atom is -0.441 e. The molecule has 0 spiro atoms. The first-order valence-electron chi connectivity index (χ1n) is 18.2. The summed E-state index contributed by atoms with van der Waals surface area (Å²) in [6.45, 7) is 1.24. The Balaban J connectivity index is 1.17. The van der Waals surface area contributed by atoms with Crippen molar-refractivity contribution in [2.24, 2.45) is 11.8 Å². The van der Waals surface area contributed by atoms with Gasteiger partial charge in [0.15, 0.2) is 6.04 Å². The van der Waals surface area contributed by atoms with Gasteiger partial charge < -0.3 is 19.8 Å².